The molecule has 1 amide bonds. The van der Waals surface area contributed by atoms with Gasteiger partial charge >= 0.3 is 5.97 Å². The molecule has 6 heteroatoms. The lowest BCUT2D eigenvalue weighted by molar-refractivity contribution is -0.148. The van der Waals surface area contributed by atoms with Crippen molar-refractivity contribution in [3.05, 3.63) is 42.2 Å². The number of amides is 1. The van der Waals surface area contributed by atoms with E-state index in [1.165, 1.54) is 0 Å². The molecule has 2 bridgehead atoms. The van der Waals surface area contributed by atoms with Gasteiger partial charge in [0.2, 0.25) is 5.91 Å². The van der Waals surface area contributed by atoms with Crippen LogP contribution < -0.4 is 0 Å². The Balaban J connectivity index is 1.68. The summed E-state index contributed by atoms with van der Waals surface area (Å²) in [5, 5.41) is 9.44. The van der Waals surface area contributed by atoms with Gasteiger partial charge in [-0.15, -0.1) is 0 Å². The monoisotopic (exact) mass is 300 g/mol. The van der Waals surface area contributed by atoms with E-state index in [4.69, 9.17) is 4.74 Å². The van der Waals surface area contributed by atoms with E-state index in [0.717, 1.165) is 5.56 Å². The van der Waals surface area contributed by atoms with E-state index in [1.54, 1.807) is 23.4 Å². The summed E-state index contributed by atoms with van der Waals surface area (Å²) in [6.45, 7) is 2.32. The number of aliphatic carboxylic acids is 1. The number of carboxylic acid groups (broad SMARTS) is 1. The Hall–Kier alpha value is -2.21. The molecule has 4 rings (SSSR count). The Morgan fingerprint density at radius 1 is 1.59 bits per heavy atom. The van der Waals surface area contributed by atoms with E-state index in [1.807, 2.05) is 25.1 Å². The van der Waals surface area contributed by atoms with Crippen LogP contribution in [0.15, 0.2) is 36.7 Å². The van der Waals surface area contributed by atoms with Crippen LogP contribution in [0, 0.1) is 11.8 Å². The molecule has 3 aliphatic heterocycles. The predicted octanol–water partition coefficient (Wildman–Crippen LogP) is 1.01. The molecule has 5 atom stereocenters. The number of carbonyl (C=O) groups excluding carboxylic acids is 1. The number of carboxylic acids is 1. The van der Waals surface area contributed by atoms with Gasteiger partial charge in [-0.25, -0.2) is 0 Å². The maximum absolute atomic E-state index is 12.8. The second-order valence-electron chi connectivity index (χ2n) is 6.17. The first kappa shape index (κ1) is 13.5. The van der Waals surface area contributed by atoms with Gasteiger partial charge in [-0.3, -0.25) is 14.6 Å². The van der Waals surface area contributed by atoms with Crippen LogP contribution in [-0.4, -0.2) is 45.1 Å². The first-order valence-electron chi connectivity index (χ1n) is 7.34. The number of fused-ring (bicyclic) bond motifs is 1. The average molecular weight is 300 g/mol. The molecule has 1 N–H and O–H groups in total. The molecule has 2 fully saturated rings. The molecule has 0 unspecified atom stereocenters. The van der Waals surface area contributed by atoms with E-state index < -0.39 is 29.5 Å². The number of carbonyl (C=O) groups is 2. The van der Waals surface area contributed by atoms with Crippen LogP contribution >= 0.6 is 0 Å². The highest BCUT2D eigenvalue weighted by molar-refractivity contribution is 5.91. The largest absolute Gasteiger partial charge is 0.481 e. The quantitative estimate of drug-likeness (QED) is 0.843. The van der Waals surface area contributed by atoms with E-state index in [-0.39, 0.29) is 11.9 Å². The smallest absolute Gasteiger partial charge is 0.310 e. The molecule has 2 saturated heterocycles. The van der Waals surface area contributed by atoms with Crippen molar-refractivity contribution in [1.82, 2.24) is 9.88 Å². The Kier molecular flexibility index (Phi) is 2.69. The van der Waals surface area contributed by atoms with Crippen molar-refractivity contribution >= 4 is 11.9 Å². The van der Waals surface area contributed by atoms with Crippen molar-refractivity contribution < 1.29 is 19.4 Å². The third-order valence-electron chi connectivity index (χ3n) is 5.05. The molecule has 0 aromatic carbocycles. The number of likely N-dealkylation sites (tertiary alicyclic amines) is 1. The van der Waals surface area contributed by atoms with Crippen LogP contribution in [0.5, 0.6) is 0 Å². The van der Waals surface area contributed by atoms with E-state index in [2.05, 4.69) is 4.98 Å². The SMILES string of the molecule is C[C@H](c1cccnc1)N1C[C@]23C=C[C@@H](O2)[C@H](C(=O)O)[C@@H]3C1=O. The lowest BCUT2D eigenvalue weighted by atomic mass is 9.77. The van der Waals surface area contributed by atoms with Crippen LogP contribution in [0.4, 0.5) is 0 Å². The maximum Gasteiger partial charge on any atom is 0.310 e. The molecule has 0 saturated carbocycles. The highest BCUT2D eigenvalue weighted by Crippen LogP contribution is 2.53. The molecular formula is C16H16N2O4. The zero-order valence-corrected chi connectivity index (χ0v) is 12.0. The van der Waals surface area contributed by atoms with Crippen molar-refractivity contribution in [2.24, 2.45) is 11.8 Å². The summed E-state index contributed by atoms with van der Waals surface area (Å²) in [7, 11) is 0. The topological polar surface area (TPSA) is 79.7 Å². The summed E-state index contributed by atoms with van der Waals surface area (Å²) < 4.78 is 5.87. The predicted molar refractivity (Wildman–Crippen MR) is 75.7 cm³/mol. The number of pyridine rings is 1. The Labute approximate surface area is 127 Å². The third kappa shape index (κ3) is 1.61. The zero-order chi connectivity index (χ0) is 15.5. The van der Waals surface area contributed by atoms with Crippen molar-refractivity contribution in [3.63, 3.8) is 0 Å². The van der Waals surface area contributed by atoms with Crippen LogP contribution in [0.2, 0.25) is 0 Å². The summed E-state index contributed by atoms with van der Waals surface area (Å²) in [6, 6.07) is 3.58. The second kappa shape index (κ2) is 4.39. The minimum Gasteiger partial charge on any atom is -0.481 e. The van der Waals surface area contributed by atoms with Gasteiger partial charge in [0.05, 0.1) is 24.6 Å². The van der Waals surface area contributed by atoms with E-state index in [0.29, 0.717) is 6.54 Å². The molecule has 22 heavy (non-hydrogen) atoms. The zero-order valence-electron chi connectivity index (χ0n) is 12.0. The number of ether oxygens (including phenoxy) is 1. The minimum atomic E-state index is -0.967. The summed E-state index contributed by atoms with van der Waals surface area (Å²) in [6.07, 6.45) is 6.58. The first-order valence-corrected chi connectivity index (χ1v) is 7.34. The van der Waals surface area contributed by atoms with Crippen LogP contribution in [0.3, 0.4) is 0 Å². The molecule has 1 aromatic heterocycles. The Morgan fingerprint density at radius 2 is 2.41 bits per heavy atom. The molecule has 3 aliphatic rings. The van der Waals surface area contributed by atoms with Crippen LogP contribution in [0.25, 0.3) is 0 Å². The molecule has 1 aromatic rings. The Bertz CT molecular complexity index is 674. The molecule has 1 spiro atoms. The Morgan fingerprint density at radius 3 is 3.09 bits per heavy atom. The van der Waals surface area contributed by atoms with Gasteiger partial charge in [0, 0.05) is 12.4 Å². The fraction of sp³-hybridized carbons (Fsp3) is 0.438. The number of hydrogen-bond acceptors (Lipinski definition) is 4. The molecule has 114 valence electrons. The molecule has 0 radical (unpaired) electrons. The minimum absolute atomic E-state index is 0.143. The second-order valence-corrected chi connectivity index (χ2v) is 6.17. The molecule has 4 heterocycles. The fourth-order valence-corrected chi connectivity index (χ4v) is 3.94. The summed E-state index contributed by atoms with van der Waals surface area (Å²) >= 11 is 0. The molecule has 0 aliphatic carbocycles. The van der Waals surface area contributed by atoms with E-state index in [9.17, 15) is 14.7 Å². The normalized spacial score (nSPS) is 36.7. The van der Waals surface area contributed by atoms with Crippen molar-refractivity contribution in [2.45, 2.75) is 24.7 Å². The van der Waals surface area contributed by atoms with Gasteiger partial charge in [-0.1, -0.05) is 18.2 Å². The third-order valence-corrected chi connectivity index (χ3v) is 5.05. The van der Waals surface area contributed by atoms with Crippen molar-refractivity contribution in [2.75, 3.05) is 6.54 Å². The number of nitrogens with zero attached hydrogens (tertiary/aromatic N) is 2. The van der Waals surface area contributed by atoms with Crippen molar-refractivity contribution in [1.29, 1.82) is 0 Å². The van der Waals surface area contributed by atoms with Crippen LogP contribution in [0.1, 0.15) is 18.5 Å². The number of hydrogen-bond donors (Lipinski definition) is 1. The van der Waals surface area contributed by atoms with Crippen molar-refractivity contribution in [3.8, 4) is 0 Å². The average Bonchev–Trinajstić information content (AvgIpc) is 3.15. The lowest BCUT2D eigenvalue weighted by Crippen LogP contribution is -2.39. The summed E-state index contributed by atoms with van der Waals surface area (Å²) in [4.78, 5) is 30.2. The van der Waals surface area contributed by atoms with E-state index >= 15 is 0 Å². The van der Waals surface area contributed by atoms with Crippen LogP contribution in [-0.2, 0) is 14.3 Å². The van der Waals surface area contributed by atoms with Gasteiger partial charge in [0.1, 0.15) is 11.5 Å². The maximum atomic E-state index is 12.8. The highest BCUT2D eigenvalue weighted by Gasteiger charge is 2.67. The first-order chi connectivity index (χ1) is 10.5. The van der Waals surface area contributed by atoms with Gasteiger partial charge in [-0.2, -0.15) is 0 Å². The fourth-order valence-electron chi connectivity index (χ4n) is 3.94. The van der Waals surface area contributed by atoms with Gasteiger partial charge in [-0.05, 0) is 18.6 Å². The van der Waals surface area contributed by atoms with Gasteiger partial charge in [0.15, 0.2) is 0 Å². The molecule has 6 nitrogen and oxygen atoms in total. The molecular weight excluding hydrogens is 284 g/mol. The number of rotatable bonds is 3. The summed E-state index contributed by atoms with van der Waals surface area (Å²) in [5.74, 6) is -2.52. The number of aromatic nitrogens is 1. The highest BCUT2D eigenvalue weighted by atomic mass is 16.5. The van der Waals surface area contributed by atoms with Gasteiger partial charge < -0.3 is 14.7 Å². The standard InChI is InChI=1S/C16H16N2O4/c1-9(10-3-2-6-17-7-10)18-8-16-5-4-11(22-16)12(15(20)21)13(16)14(18)19/h2-7,9,11-13H,8H2,1H3,(H,20,21)/t9-,11-,12+,13-,16+/m1/s1. The lowest BCUT2D eigenvalue weighted by Gasteiger charge is -2.27. The summed E-state index contributed by atoms with van der Waals surface area (Å²) in [5.41, 5.74) is 0.152. The van der Waals surface area contributed by atoms with Gasteiger partial charge in [0.25, 0.3) is 0 Å².